The summed E-state index contributed by atoms with van der Waals surface area (Å²) in [6.07, 6.45) is 3.97. The molecule has 1 fully saturated rings. The molecule has 1 aromatic rings. The van der Waals surface area contributed by atoms with Crippen molar-refractivity contribution in [3.8, 4) is 0 Å². The number of oxazole rings is 1. The third-order valence-corrected chi connectivity index (χ3v) is 2.99. The first-order valence-electron chi connectivity index (χ1n) is 6.07. The topological polar surface area (TPSA) is 64.4 Å². The van der Waals surface area contributed by atoms with Crippen molar-refractivity contribution in [3.63, 3.8) is 0 Å². The standard InChI is InChI=1S/C12H18N2O3/c1-3-16-11(15)10-7-17-12(14-10)13-6-8(2)9-4-5-9/h7-9H,3-6H2,1-2H3,(H,13,14). The highest BCUT2D eigenvalue weighted by molar-refractivity contribution is 5.87. The predicted molar refractivity (Wildman–Crippen MR) is 62.8 cm³/mol. The van der Waals surface area contributed by atoms with Gasteiger partial charge in [-0.1, -0.05) is 6.92 Å². The van der Waals surface area contributed by atoms with Crippen molar-refractivity contribution in [2.24, 2.45) is 11.8 Å². The Morgan fingerprint density at radius 3 is 3.12 bits per heavy atom. The van der Waals surface area contributed by atoms with Crippen molar-refractivity contribution in [3.05, 3.63) is 12.0 Å². The largest absolute Gasteiger partial charge is 0.461 e. The Morgan fingerprint density at radius 2 is 2.47 bits per heavy atom. The van der Waals surface area contributed by atoms with E-state index in [0.29, 0.717) is 18.5 Å². The van der Waals surface area contributed by atoms with E-state index in [9.17, 15) is 4.79 Å². The van der Waals surface area contributed by atoms with Gasteiger partial charge < -0.3 is 14.5 Å². The predicted octanol–water partition coefficient (Wildman–Crippen LogP) is 2.31. The van der Waals surface area contributed by atoms with Crippen LogP contribution in [0.3, 0.4) is 0 Å². The molecule has 1 aromatic heterocycles. The lowest BCUT2D eigenvalue weighted by atomic mass is 10.1. The molecule has 1 N–H and O–H groups in total. The normalized spacial score (nSPS) is 16.6. The summed E-state index contributed by atoms with van der Waals surface area (Å²) >= 11 is 0. The van der Waals surface area contributed by atoms with Gasteiger partial charge in [0.1, 0.15) is 6.26 Å². The molecule has 0 aliphatic heterocycles. The van der Waals surface area contributed by atoms with Gasteiger partial charge in [0.2, 0.25) is 0 Å². The molecule has 2 rings (SSSR count). The minimum absolute atomic E-state index is 0.216. The van der Waals surface area contributed by atoms with Gasteiger partial charge in [0, 0.05) is 6.54 Å². The van der Waals surface area contributed by atoms with Crippen LogP contribution in [0, 0.1) is 11.8 Å². The molecule has 17 heavy (non-hydrogen) atoms. The van der Waals surface area contributed by atoms with Crippen molar-refractivity contribution in [1.29, 1.82) is 0 Å². The minimum Gasteiger partial charge on any atom is -0.461 e. The highest BCUT2D eigenvalue weighted by Gasteiger charge is 2.27. The summed E-state index contributed by atoms with van der Waals surface area (Å²) in [6, 6.07) is 0.389. The molecule has 1 unspecified atom stereocenters. The monoisotopic (exact) mass is 238 g/mol. The van der Waals surface area contributed by atoms with Gasteiger partial charge in [-0.15, -0.1) is 0 Å². The van der Waals surface area contributed by atoms with E-state index in [1.807, 2.05) is 0 Å². The fraction of sp³-hybridized carbons (Fsp3) is 0.667. The molecular formula is C12H18N2O3. The van der Waals surface area contributed by atoms with Gasteiger partial charge in [-0.3, -0.25) is 0 Å². The lowest BCUT2D eigenvalue weighted by Crippen LogP contribution is -2.13. The van der Waals surface area contributed by atoms with Crippen LogP contribution in [0.15, 0.2) is 10.7 Å². The fourth-order valence-electron chi connectivity index (χ4n) is 1.73. The lowest BCUT2D eigenvalue weighted by Gasteiger charge is -2.08. The summed E-state index contributed by atoms with van der Waals surface area (Å²) < 4.78 is 9.99. The number of carbonyl (C=O) groups excluding carboxylic acids is 1. The van der Waals surface area contributed by atoms with Crippen LogP contribution in [-0.2, 0) is 4.74 Å². The van der Waals surface area contributed by atoms with E-state index in [1.165, 1.54) is 19.1 Å². The van der Waals surface area contributed by atoms with Crippen molar-refractivity contribution >= 4 is 12.0 Å². The molecule has 1 saturated carbocycles. The molecule has 0 aromatic carbocycles. The molecule has 1 atom stereocenters. The van der Waals surface area contributed by atoms with E-state index in [-0.39, 0.29) is 5.69 Å². The number of rotatable bonds is 6. The summed E-state index contributed by atoms with van der Waals surface area (Å²) in [4.78, 5) is 15.4. The van der Waals surface area contributed by atoms with E-state index >= 15 is 0 Å². The zero-order chi connectivity index (χ0) is 12.3. The first-order valence-corrected chi connectivity index (χ1v) is 6.07. The maximum absolute atomic E-state index is 11.3. The smallest absolute Gasteiger partial charge is 0.360 e. The second kappa shape index (κ2) is 5.21. The number of nitrogens with one attached hydrogen (secondary N) is 1. The summed E-state index contributed by atoms with van der Waals surface area (Å²) in [7, 11) is 0. The van der Waals surface area contributed by atoms with Gasteiger partial charge in [0.25, 0.3) is 6.01 Å². The second-order valence-corrected chi connectivity index (χ2v) is 4.45. The molecule has 0 amide bonds. The molecule has 1 heterocycles. The zero-order valence-electron chi connectivity index (χ0n) is 10.2. The maximum atomic E-state index is 11.3. The SMILES string of the molecule is CCOC(=O)c1coc(NCC(C)C2CC2)n1. The summed E-state index contributed by atoms with van der Waals surface area (Å²) in [6.45, 7) is 5.13. The van der Waals surface area contributed by atoms with Crippen LogP contribution in [0.25, 0.3) is 0 Å². The van der Waals surface area contributed by atoms with Gasteiger partial charge in [0.05, 0.1) is 6.61 Å². The summed E-state index contributed by atoms with van der Waals surface area (Å²) in [5.41, 5.74) is 0.216. The third-order valence-electron chi connectivity index (χ3n) is 2.99. The summed E-state index contributed by atoms with van der Waals surface area (Å²) in [5, 5.41) is 3.10. The van der Waals surface area contributed by atoms with E-state index in [1.54, 1.807) is 6.92 Å². The van der Waals surface area contributed by atoms with Crippen LogP contribution in [0.2, 0.25) is 0 Å². The van der Waals surface area contributed by atoms with Gasteiger partial charge >= 0.3 is 5.97 Å². The Balaban J connectivity index is 1.82. The lowest BCUT2D eigenvalue weighted by molar-refractivity contribution is 0.0519. The highest BCUT2D eigenvalue weighted by atomic mass is 16.5. The van der Waals surface area contributed by atoms with Gasteiger partial charge in [-0.05, 0) is 31.6 Å². The molecule has 1 aliphatic rings. The van der Waals surface area contributed by atoms with Crippen molar-refractivity contribution in [1.82, 2.24) is 4.98 Å². The molecule has 0 saturated heterocycles. The zero-order valence-corrected chi connectivity index (χ0v) is 10.2. The minimum atomic E-state index is -0.445. The number of esters is 1. The number of hydrogen-bond donors (Lipinski definition) is 1. The van der Waals surface area contributed by atoms with Crippen LogP contribution >= 0.6 is 0 Å². The Morgan fingerprint density at radius 1 is 1.71 bits per heavy atom. The van der Waals surface area contributed by atoms with E-state index in [4.69, 9.17) is 9.15 Å². The average Bonchev–Trinajstić information content (AvgIpc) is 3.05. The van der Waals surface area contributed by atoms with Gasteiger partial charge in [0.15, 0.2) is 5.69 Å². The molecule has 0 spiro atoms. The van der Waals surface area contributed by atoms with Crippen molar-refractivity contribution < 1.29 is 13.9 Å². The highest BCUT2D eigenvalue weighted by Crippen LogP contribution is 2.36. The Kier molecular flexibility index (Phi) is 3.66. The van der Waals surface area contributed by atoms with Crippen LogP contribution in [0.4, 0.5) is 6.01 Å². The number of hydrogen-bond acceptors (Lipinski definition) is 5. The Labute approximate surface area is 101 Å². The molecule has 1 aliphatic carbocycles. The average molecular weight is 238 g/mol. The Hall–Kier alpha value is -1.52. The van der Waals surface area contributed by atoms with Crippen molar-refractivity contribution in [2.75, 3.05) is 18.5 Å². The number of nitrogens with zero attached hydrogens (tertiary/aromatic N) is 1. The summed E-state index contributed by atoms with van der Waals surface area (Å²) in [5.74, 6) is 1.01. The molecule has 0 bridgehead atoms. The fourth-order valence-corrected chi connectivity index (χ4v) is 1.73. The quantitative estimate of drug-likeness (QED) is 0.770. The molecular weight excluding hydrogens is 220 g/mol. The molecule has 5 heteroatoms. The van der Waals surface area contributed by atoms with Crippen LogP contribution in [-0.4, -0.2) is 24.1 Å². The number of aromatic nitrogens is 1. The van der Waals surface area contributed by atoms with E-state index in [2.05, 4.69) is 17.2 Å². The van der Waals surface area contributed by atoms with Crippen molar-refractivity contribution in [2.45, 2.75) is 26.7 Å². The van der Waals surface area contributed by atoms with Gasteiger partial charge in [-0.25, -0.2) is 4.79 Å². The number of ether oxygens (including phenoxy) is 1. The molecule has 5 nitrogen and oxygen atoms in total. The van der Waals surface area contributed by atoms with E-state index in [0.717, 1.165) is 12.5 Å². The number of carbonyl (C=O) groups is 1. The first-order chi connectivity index (χ1) is 8.20. The first kappa shape index (κ1) is 12.0. The van der Waals surface area contributed by atoms with Crippen LogP contribution in [0.5, 0.6) is 0 Å². The maximum Gasteiger partial charge on any atom is 0.360 e. The van der Waals surface area contributed by atoms with Crippen LogP contribution in [0.1, 0.15) is 37.2 Å². The number of anilines is 1. The third kappa shape index (κ3) is 3.22. The molecule has 0 radical (unpaired) electrons. The second-order valence-electron chi connectivity index (χ2n) is 4.45. The van der Waals surface area contributed by atoms with Crippen LogP contribution < -0.4 is 5.32 Å². The molecule has 94 valence electrons. The Bertz CT molecular complexity index is 385. The van der Waals surface area contributed by atoms with E-state index < -0.39 is 5.97 Å². The van der Waals surface area contributed by atoms with Gasteiger partial charge in [-0.2, -0.15) is 4.98 Å².